The number of carbonyl (C=O) groups is 3. The lowest BCUT2D eigenvalue weighted by atomic mass is 10.2. The number of rotatable bonds is 9. The van der Waals surface area contributed by atoms with Gasteiger partial charge in [-0.1, -0.05) is 6.92 Å². The van der Waals surface area contributed by atoms with Gasteiger partial charge in [-0.25, -0.2) is 0 Å². The number of aliphatic carboxylic acids is 3. The van der Waals surface area contributed by atoms with E-state index in [-0.39, 0.29) is 6.54 Å². The molecule has 0 bridgehead atoms. The van der Waals surface area contributed by atoms with E-state index in [2.05, 4.69) is 5.32 Å². The molecule has 8 heteroatoms. The summed E-state index contributed by atoms with van der Waals surface area (Å²) < 4.78 is 0. The molecular formula is C9H16N2O6. The highest BCUT2D eigenvalue weighted by Gasteiger charge is 2.28. The zero-order valence-electron chi connectivity index (χ0n) is 9.42. The number of hydrogen-bond acceptors (Lipinski definition) is 5. The molecule has 0 amide bonds. The van der Waals surface area contributed by atoms with E-state index in [0.717, 1.165) is 4.90 Å². The molecule has 0 fully saturated rings. The SMILES string of the molecule is CCNCC(C(=O)O)N(CC(=O)O)CC(=O)O. The second kappa shape index (κ2) is 7.58. The highest BCUT2D eigenvalue weighted by atomic mass is 16.4. The lowest BCUT2D eigenvalue weighted by Gasteiger charge is -2.25. The van der Waals surface area contributed by atoms with Crippen LogP contribution in [-0.2, 0) is 14.4 Å². The number of likely N-dealkylation sites (N-methyl/N-ethyl adjacent to an activating group) is 1. The molecule has 17 heavy (non-hydrogen) atoms. The molecule has 0 aliphatic rings. The van der Waals surface area contributed by atoms with Crippen LogP contribution in [0.2, 0.25) is 0 Å². The Bertz CT molecular complexity index is 277. The first-order chi connectivity index (χ1) is 7.88. The van der Waals surface area contributed by atoms with Gasteiger partial charge in [-0.3, -0.25) is 19.3 Å². The third kappa shape index (κ3) is 6.48. The van der Waals surface area contributed by atoms with E-state index in [0.29, 0.717) is 6.54 Å². The summed E-state index contributed by atoms with van der Waals surface area (Å²) in [6.45, 7) is 1.01. The molecule has 0 spiro atoms. The molecule has 98 valence electrons. The van der Waals surface area contributed by atoms with E-state index < -0.39 is 37.0 Å². The van der Waals surface area contributed by atoms with E-state index >= 15 is 0 Å². The smallest absolute Gasteiger partial charge is 0.322 e. The van der Waals surface area contributed by atoms with Crippen molar-refractivity contribution in [3.8, 4) is 0 Å². The molecule has 0 aromatic heterocycles. The molecule has 8 nitrogen and oxygen atoms in total. The molecule has 1 atom stereocenters. The van der Waals surface area contributed by atoms with Crippen LogP contribution in [0, 0.1) is 0 Å². The van der Waals surface area contributed by atoms with Gasteiger partial charge in [0.2, 0.25) is 0 Å². The maximum atomic E-state index is 10.9. The average molecular weight is 248 g/mol. The molecule has 0 saturated heterocycles. The molecule has 0 saturated carbocycles. The second-order valence-electron chi connectivity index (χ2n) is 3.35. The van der Waals surface area contributed by atoms with Gasteiger partial charge in [0.1, 0.15) is 6.04 Å². The largest absolute Gasteiger partial charge is 0.480 e. The van der Waals surface area contributed by atoms with E-state index in [1.807, 2.05) is 0 Å². The molecular weight excluding hydrogens is 232 g/mol. The van der Waals surface area contributed by atoms with Gasteiger partial charge in [-0.15, -0.1) is 0 Å². The number of carboxylic acids is 3. The minimum Gasteiger partial charge on any atom is -0.480 e. The highest BCUT2D eigenvalue weighted by molar-refractivity contribution is 5.78. The van der Waals surface area contributed by atoms with Gasteiger partial charge in [-0.05, 0) is 6.54 Å². The van der Waals surface area contributed by atoms with Crippen molar-refractivity contribution in [2.75, 3.05) is 26.2 Å². The summed E-state index contributed by atoms with van der Waals surface area (Å²) in [4.78, 5) is 32.9. The van der Waals surface area contributed by atoms with Crippen LogP contribution in [0.1, 0.15) is 6.92 Å². The number of nitrogens with one attached hydrogen (secondary N) is 1. The lowest BCUT2D eigenvalue weighted by Crippen LogP contribution is -2.51. The standard InChI is InChI=1S/C9H16N2O6/c1-2-10-3-6(9(16)17)11(4-7(12)13)5-8(14)15/h6,10H,2-5H2,1H3,(H,12,13)(H,14,15)(H,16,17). The van der Waals surface area contributed by atoms with Crippen LogP contribution >= 0.6 is 0 Å². The van der Waals surface area contributed by atoms with Gasteiger partial charge in [-0.2, -0.15) is 0 Å². The third-order valence-electron chi connectivity index (χ3n) is 1.99. The minimum atomic E-state index is -1.27. The first kappa shape index (κ1) is 15.3. The Kier molecular flexibility index (Phi) is 6.83. The fraction of sp³-hybridized carbons (Fsp3) is 0.667. The van der Waals surface area contributed by atoms with Crippen molar-refractivity contribution >= 4 is 17.9 Å². The first-order valence-corrected chi connectivity index (χ1v) is 4.99. The summed E-state index contributed by atoms with van der Waals surface area (Å²) in [5.74, 6) is -3.79. The maximum Gasteiger partial charge on any atom is 0.322 e. The zero-order chi connectivity index (χ0) is 13.4. The van der Waals surface area contributed by atoms with Gasteiger partial charge in [0.05, 0.1) is 13.1 Å². The fourth-order valence-electron chi connectivity index (χ4n) is 1.28. The van der Waals surface area contributed by atoms with Crippen molar-refractivity contribution in [2.24, 2.45) is 0 Å². The van der Waals surface area contributed by atoms with E-state index in [1.165, 1.54) is 0 Å². The monoisotopic (exact) mass is 248 g/mol. The summed E-state index contributed by atoms with van der Waals surface area (Å²) in [7, 11) is 0. The lowest BCUT2D eigenvalue weighted by molar-refractivity contribution is -0.148. The van der Waals surface area contributed by atoms with Crippen LogP contribution in [0.3, 0.4) is 0 Å². The predicted molar refractivity (Wildman–Crippen MR) is 56.8 cm³/mol. The van der Waals surface area contributed by atoms with Crippen molar-refractivity contribution in [1.82, 2.24) is 10.2 Å². The fourth-order valence-corrected chi connectivity index (χ4v) is 1.28. The Morgan fingerprint density at radius 2 is 1.59 bits per heavy atom. The number of nitrogens with zero attached hydrogens (tertiary/aromatic N) is 1. The molecule has 0 aliphatic carbocycles. The molecule has 1 unspecified atom stereocenters. The molecule has 0 aromatic carbocycles. The average Bonchev–Trinajstić information content (AvgIpc) is 2.15. The summed E-state index contributed by atoms with van der Waals surface area (Å²) in [6, 6.07) is -1.18. The first-order valence-electron chi connectivity index (χ1n) is 4.99. The summed E-state index contributed by atoms with van der Waals surface area (Å²) in [5.41, 5.74) is 0. The van der Waals surface area contributed by atoms with Crippen LogP contribution in [0.15, 0.2) is 0 Å². The topological polar surface area (TPSA) is 127 Å². The van der Waals surface area contributed by atoms with Crippen LogP contribution in [0.25, 0.3) is 0 Å². The molecule has 0 aliphatic heterocycles. The molecule has 0 rings (SSSR count). The summed E-state index contributed by atoms with van der Waals surface area (Å²) in [5, 5.41) is 28.9. The third-order valence-corrected chi connectivity index (χ3v) is 1.99. The summed E-state index contributed by atoms with van der Waals surface area (Å²) >= 11 is 0. The van der Waals surface area contributed by atoms with Gasteiger partial charge >= 0.3 is 17.9 Å². The van der Waals surface area contributed by atoms with Gasteiger partial charge in [0, 0.05) is 6.54 Å². The zero-order valence-corrected chi connectivity index (χ0v) is 9.42. The molecule has 0 aromatic rings. The van der Waals surface area contributed by atoms with Crippen molar-refractivity contribution < 1.29 is 29.7 Å². The molecule has 4 N–H and O–H groups in total. The van der Waals surface area contributed by atoms with E-state index in [4.69, 9.17) is 15.3 Å². The quantitative estimate of drug-likeness (QED) is 0.389. The Morgan fingerprint density at radius 1 is 1.12 bits per heavy atom. The van der Waals surface area contributed by atoms with Gasteiger partial charge < -0.3 is 20.6 Å². The Balaban J connectivity index is 4.72. The van der Waals surface area contributed by atoms with Crippen LogP contribution in [-0.4, -0.2) is 70.3 Å². The minimum absolute atomic E-state index is 0.00755. The highest BCUT2D eigenvalue weighted by Crippen LogP contribution is 1.99. The molecule has 0 heterocycles. The Morgan fingerprint density at radius 3 is 1.88 bits per heavy atom. The normalized spacial score (nSPS) is 12.4. The van der Waals surface area contributed by atoms with Crippen molar-refractivity contribution in [1.29, 1.82) is 0 Å². The number of hydrogen-bond donors (Lipinski definition) is 4. The van der Waals surface area contributed by atoms with Crippen molar-refractivity contribution in [3.05, 3.63) is 0 Å². The second-order valence-corrected chi connectivity index (χ2v) is 3.35. The van der Waals surface area contributed by atoms with Gasteiger partial charge in [0.25, 0.3) is 0 Å². The van der Waals surface area contributed by atoms with Crippen LogP contribution < -0.4 is 5.32 Å². The predicted octanol–water partition coefficient (Wildman–Crippen LogP) is -1.48. The Labute approximate surface area is 97.8 Å². The van der Waals surface area contributed by atoms with Crippen molar-refractivity contribution in [3.63, 3.8) is 0 Å². The van der Waals surface area contributed by atoms with Crippen molar-refractivity contribution in [2.45, 2.75) is 13.0 Å². The van der Waals surface area contributed by atoms with Crippen LogP contribution in [0.4, 0.5) is 0 Å². The number of carboxylic acid groups (broad SMARTS) is 3. The van der Waals surface area contributed by atoms with E-state index in [9.17, 15) is 14.4 Å². The van der Waals surface area contributed by atoms with Gasteiger partial charge in [0.15, 0.2) is 0 Å². The molecule has 0 radical (unpaired) electrons. The Hall–Kier alpha value is -1.67. The maximum absolute atomic E-state index is 10.9. The summed E-state index contributed by atoms with van der Waals surface area (Å²) in [6.07, 6.45) is 0. The van der Waals surface area contributed by atoms with Crippen LogP contribution in [0.5, 0.6) is 0 Å². The van der Waals surface area contributed by atoms with E-state index in [1.54, 1.807) is 6.92 Å².